The summed E-state index contributed by atoms with van der Waals surface area (Å²) < 4.78 is 6.32. The molecule has 0 fully saturated rings. The maximum atomic E-state index is 5.21. The Labute approximate surface area is 100 Å². The average molecular weight is 272 g/mol. The van der Waals surface area contributed by atoms with Crippen LogP contribution in [0.4, 0.5) is 0 Å². The van der Waals surface area contributed by atoms with E-state index in [2.05, 4.69) is 52.4 Å². The van der Waals surface area contributed by atoms with Crippen molar-refractivity contribution in [3.8, 4) is 0 Å². The van der Waals surface area contributed by atoms with E-state index in [1.54, 1.807) is 7.11 Å². The summed E-state index contributed by atoms with van der Waals surface area (Å²) in [5.41, 5.74) is 1.27. The first-order chi connectivity index (χ1) is 7.27. The first-order valence-corrected chi connectivity index (χ1v) is 6.05. The third-order valence-electron chi connectivity index (χ3n) is 2.25. The molecule has 0 bridgehead atoms. The molecule has 0 radical (unpaired) electrons. The molecule has 0 saturated carbocycles. The Hall–Kier alpha value is -0.380. The number of hydrogen-bond donors (Lipinski definition) is 1. The maximum Gasteiger partial charge on any atom is 0.0657 e. The molecule has 0 saturated heterocycles. The van der Waals surface area contributed by atoms with Crippen LogP contribution in [0.5, 0.6) is 0 Å². The van der Waals surface area contributed by atoms with Crippen molar-refractivity contribution in [2.45, 2.75) is 19.4 Å². The van der Waals surface area contributed by atoms with Crippen molar-refractivity contribution in [3.63, 3.8) is 0 Å². The summed E-state index contributed by atoms with van der Waals surface area (Å²) in [6.45, 7) is 3.89. The number of halogens is 1. The summed E-state index contributed by atoms with van der Waals surface area (Å²) in [5.74, 6) is 0. The molecule has 0 spiro atoms. The van der Waals surface area contributed by atoms with Crippen molar-refractivity contribution in [2.24, 2.45) is 0 Å². The molecular formula is C12H18BrNO. The Bertz CT molecular complexity index is 273. The molecule has 1 atom stereocenters. The Kier molecular flexibility index (Phi) is 5.91. The number of methoxy groups -OCH3 is 1. The van der Waals surface area contributed by atoms with Crippen LogP contribution in [0.15, 0.2) is 28.7 Å². The van der Waals surface area contributed by atoms with E-state index in [-0.39, 0.29) is 0 Å². The highest BCUT2D eigenvalue weighted by Gasteiger charge is 2.09. The van der Waals surface area contributed by atoms with Crippen molar-refractivity contribution in [3.05, 3.63) is 34.3 Å². The highest BCUT2D eigenvalue weighted by molar-refractivity contribution is 9.10. The van der Waals surface area contributed by atoms with Gasteiger partial charge in [0.2, 0.25) is 0 Å². The van der Waals surface area contributed by atoms with Gasteiger partial charge in [0, 0.05) is 11.6 Å². The van der Waals surface area contributed by atoms with E-state index in [9.17, 15) is 0 Å². The monoisotopic (exact) mass is 271 g/mol. The van der Waals surface area contributed by atoms with Crippen LogP contribution in [0.3, 0.4) is 0 Å². The lowest BCUT2D eigenvalue weighted by Gasteiger charge is -2.18. The van der Waals surface area contributed by atoms with Crippen LogP contribution in [0.2, 0.25) is 0 Å². The Balaban J connectivity index is 2.65. The van der Waals surface area contributed by atoms with Gasteiger partial charge in [-0.2, -0.15) is 0 Å². The van der Waals surface area contributed by atoms with Gasteiger partial charge in [-0.1, -0.05) is 35.0 Å². The summed E-state index contributed by atoms with van der Waals surface area (Å²) in [6, 6.07) is 8.66. The molecule has 0 aliphatic heterocycles. The van der Waals surface area contributed by atoms with Crippen molar-refractivity contribution in [1.82, 2.24) is 5.32 Å². The summed E-state index contributed by atoms with van der Waals surface area (Å²) in [4.78, 5) is 0. The number of hydrogen-bond acceptors (Lipinski definition) is 2. The van der Waals surface area contributed by atoms with E-state index in [1.165, 1.54) is 5.56 Å². The normalized spacial score (nSPS) is 12.7. The Morgan fingerprint density at radius 1 is 1.33 bits per heavy atom. The van der Waals surface area contributed by atoms with E-state index >= 15 is 0 Å². The zero-order valence-corrected chi connectivity index (χ0v) is 10.9. The molecular weight excluding hydrogens is 254 g/mol. The third kappa shape index (κ3) is 4.33. The van der Waals surface area contributed by atoms with Crippen LogP contribution in [0.25, 0.3) is 0 Å². The van der Waals surface area contributed by atoms with Crippen molar-refractivity contribution in [2.75, 3.05) is 20.3 Å². The van der Waals surface area contributed by atoms with Crippen molar-refractivity contribution < 1.29 is 4.74 Å². The molecule has 0 aromatic heterocycles. The van der Waals surface area contributed by atoms with Gasteiger partial charge in [-0.05, 0) is 30.7 Å². The zero-order chi connectivity index (χ0) is 11.1. The molecule has 84 valence electrons. The summed E-state index contributed by atoms with van der Waals surface area (Å²) in [5, 5.41) is 3.47. The van der Waals surface area contributed by atoms with Crippen LogP contribution >= 0.6 is 15.9 Å². The minimum Gasteiger partial charge on any atom is -0.383 e. The van der Waals surface area contributed by atoms with E-state index in [0.717, 1.165) is 17.4 Å². The van der Waals surface area contributed by atoms with Crippen LogP contribution in [-0.4, -0.2) is 20.3 Å². The minimum absolute atomic E-state index is 0.294. The lowest BCUT2D eigenvalue weighted by atomic mass is 10.1. The van der Waals surface area contributed by atoms with Crippen LogP contribution < -0.4 is 5.32 Å². The molecule has 1 rings (SSSR count). The number of ether oxygens (including phenoxy) is 1. The van der Waals surface area contributed by atoms with Gasteiger partial charge >= 0.3 is 0 Å². The molecule has 1 N–H and O–H groups in total. The lowest BCUT2D eigenvalue weighted by Crippen LogP contribution is -2.25. The first kappa shape index (κ1) is 12.7. The van der Waals surface area contributed by atoms with Crippen molar-refractivity contribution >= 4 is 15.9 Å². The molecule has 15 heavy (non-hydrogen) atoms. The lowest BCUT2D eigenvalue weighted by molar-refractivity contribution is 0.167. The first-order valence-electron chi connectivity index (χ1n) is 5.25. The fourth-order valence-electron chi connectivity index (χ4n) is 1.45. The van der Waals surface area contributed by atoms with Crippen LogP contribution in [0, 0.1) is 0 Å². The smallest absolute Gasteiger partial charge is 0.0657 e. The summed E-state index contributed by atoms with van der Waals surface area (Å²) in [6.07, 6.45) is 1.14. The topological polar surface area (TPSA) is 21.3 Å². The van der Waals surface area contributed by atoms with Crippen LogP contribution in [0.1, 0.15) is 24.9 Å². The molecule has 1 aromatic rings. The maximum absolute atomic E-state index is 5.21. The molecule has 1 aromatic carbocycles. The Morgan fingerprint density at radius 3 is 2.53 bits per heavy atom. The molecule has 0 heterocycles. The molecule has 2 nitrogen and oxygen atoms in total. The van der Waals surface area contributed by atoms with E-state index in [1.807, 2.05) is 0 Å². The van der Waals surface area contributed by atoms with E-state index < -0.39 is 0 Å². The third-order valence-corrected chi connectivity index (χ3v) is 2.78. The van der Waals surface area contributed by atoms with Crippen LogP contribution in [-0.2, 0) is 4.74 Å². The molecule has 0 aliphatic carbocycles. The largest absolute Gasteiger partial charge is 0.383 e. The van der Waals surface area contributed by atoms with Gasteiger partial charge < -0.3 is 10.1 Å². The molecule has 0 aliphatic rings. The zero-order valence-electron chi connectivity index (χ0n) is 9.29. The standard InChI is InChI=1S/C12H18BrNO/c1-3-8-14-12(9-15-2)10-4-6-11(13)7-5-10/h4-7,12,14H,3,8-9H2,1-2H3. The van der Waals surface area contributed by atoms with Gasteiger partial charge in [0.15, 0.2) is 0 Å². The minimum atomic E-state index is 0.294. The second kappa shape index (κ2) is 6.99. The summed E-state index contributed by atoms with van der Waals surface area (Å²) in [7, 11) is 1.74. The predicted molar refractivity (Wildman–Crippen MR) is 67.1 cm³/mol. The van der Waals surface area contributed by atoms with E-state index in [0.29, 0.717) is 12.6 Å². The van der Waals surface area contributed by atoms with Gasteiger partial charge in [-0.3, -0.25) is 0 Å². The number of rotatable bonds is 6. The fraction of sp³-hybridized carbons (Fsp3) is 0.500. The highest BCUT2D eigenvalue weighted by Crippen LogP contribution is 2.17. The number of nitrogens with one attached hydrogen (secondary N) is 1. The summed E-state index contributed by atoms with van der Waals surface area (Å²) >= 11 is 3.43. The van der Waals surface area contributed by atoms with Gasteiger partial charge in [0.25, 0.3) is 0 Å². The molecule has 1 unspecified atom stereocenters. The fourth-order valence-corrected chi connectivity index (χ4v) is 1.72. The second-order valence-corrected chi connectivity index (χ2v) is 4.43. The van der Waals surface area contributed by atoms with Gasteiger partial charge in [0.05, 0.1) is 12.6 Å². The quantitative estimate of drug-likeness (QED) is 0.859. The van der Waals surface area contributed by atoms with Gasteiger partial charge in [-0.15, -0.1) is 0 Å². The highest BCUT2D eigenvalue weighted by atomic mass is 79.9. The van der Waals surface area contributed by atoms with E-state index in [4.69, 9.17) is 4.74 Å². The van der Waals surface area contributed by atoms with Gasteiger partial charge in [-0.25, -0.2) is 0 Å². The second-order valence-electron chi connectivity index (χ2n) is 3.51. The molecule has 3 heteroatoms. The molecule has 0 amide bonds. The number of benzene rings is 1. The van der Waals surface area contributed by atoms with Gasteiger partial charge in [0.1, 0.15) is 0 Å². The Morgan fingerprint density at radius 2 is 2.00 bits per heavy atom. The van der Waals surface area contributed by atoms with Crippen molar-refractivity contribution in [1.29, 1.82) is 0 Å². The average Bonchev–Trinajstić information content (AvgIpc) is 2.25. The predicted octanol–water partition coefficient (Wildman–Crippen LogP) is 3.14. The SMILES string of the molecule is CCCNC(COC)c1ccc(Br)cc1.